The van der Waals surface area contributed by atoms with Crippen molar-refractivity contribution in [3.05, 3.63) is 71.4 Å². The van der Waals surface area contributed by atoms with Crippen molar-refractivity contribution in [3.63, 3.8) is 0 Å². The second kappa shape index (κ2) is 10.4. The highest BCUT2D eigenvalue weighted by Gasteiger charge is 2.26. The van der Waals surface area contributed by atoms with E-state index < -0.39 is 35.6 Å². The van der Waals surface area contributed by atoms with Gasteiger partial charge in [0, 0.05) is 23.6 Å². The second-order valence-corrected chi connectivity index (χ2v) is 8.85. The first-order valence-electron chi connectivity index (χ1n) is 10.9. The lowest BCUT2D eigenvalue weighted by Gasteiger charge is -2.19. The van der Waals surface area contributed by atoms with Crippen LogP contribution in [0.5, 0.6) is 0 Å². The molecule has 0 aliphatic heterocycles. The number of nitrogens with zero attached hydrogens (tertiary/aromatic N) is 1. The monoisotopic (exact) mass is 480 g/mol. The molecule has 35 heavy (non-hydrogen) atoms. The Morgan fingerprint density at radius 1 is 0.943 bits per heavy atom. The van der Waals surface area contributed by atoms with E-state index in [4.69, 9.17) is 14.2 Å². The molecule has 1 aromatic heterocycles. The highest BCUT2D eigenvalue weighted by atomic mass is 16.6. The Balaban J connectivity index is 1.91. The molecule has 0 spiro atoms. The summed E-state index contributed by atoms with van der Waals surface area (Å²) in [5.74, 6) is -1.81. The Kier molecular flexibility index (Phi) is 7.58. The van der Waals surface area contributed by atoms with Crippen LogP contribution in [0.3, 0.4) is 0 Å². The van der Waals surface area contributed by atoms with Crippen LogP contribution >= 0.6 is 0 Å². The number of carbonyl (C=O) groups is 4. The molecule has 0 aliphatic carbocycles. The third-order valence-electron chi connectivity index (χ3n) is 5.15. The molecule has 3 aromatic rings. The van der Waals surface area contributed by atoms with Gasteiger partial charge in [-0.15, -0.1) is 0 Å². The molecule has 0 saturated carbocycles. The predicted molar refractivity (Wildman–Crippen MR) is 128 cm³/mol. The van der Waals surface area contributed by atoms with Crippen molar-refractivity contribution in [3.8, 4) is 0 Å². The lowest BCUT2D eigenvalue weighted by atomic mass is 10.0. The van der Waals surface area contributed by atoms with Crippen LogP contribution in [0.1, 0.15) is 47.1 Å². The van der Waals surface area contributed by atoms with E-state index in [1.807, 2.05) is 12.1 Å². The maximum Gasteiger partial charge on any atom is 0.419 e. The number of methoxy groups -OCH3 is 2. The molecule has 9 nitrogen and oxygen atoms in total. The fourth-order valence-corrected chi connectivity index (χ4v) is 3.58. The van der Waals surface area contributed by atoms with Gasteiger partial charge in [-0.05, 0) is 50.6 Å². The molecular formula is C26H28N2O7. The van der Waals surface area contributed by atoms with Crippen LogP contribution < -0.4 is 5.32 Å². The van der Waals surface area contributed by atoms with Crippen molar-refractivity contribution >= 4 is 34.8 Å². The van der Waals surface area contributed by atoms with Gasteiger partial charge in [0.15, 0.2) is 0 Å². The van der Waals surface area contributed by atoms with Crippen LogP contribution in [0.2, 0.25) is 0 Å². The third-order valence-corrected chi connectivity index (χ3v) is 5.15. The van der Waals surface area contributed by atoms with Gasteiger partial charge >= 0.3 is 18.0 Å². The van der Waals surface area contributed by atoms with E-state index in [0.29, 0.717) is 11.1 Å². The number of para-hydroxylation sites is 1. The number of ether oxygens (including phenoxy) is 3. The maximum atomic E-state index is 12.9. The highest BCUT2D eigenvalue weighted by Crippen LogP contribution is 2.24. The van der Waals surface area contributed by atoms with Crippen molar-refractivity contribution in [2.45, 2.75) is 38.8 Å². The number of nitrogens with one attached hydrogen (secondary N) is 1. The number of hydrogen-bond acceptors (Lipinski definition) is 7. The molecule has 3 rings (SSSR count). The molecular weight excluding hydrogens is 452 g/mol. The lowest BCUT2D eigenvalue weighted by Crippen LogP contribution is -2.43. The van der Waals surface area contributed by atoms with Crippen LogP contribution in [0, 0.1) is 0 Å². The largest absolute Gasteiger partial charge is 0.467 e. The molecule has 0 saturated heterocycles. The minimum atomic E-state index is -1.05. The number of esters is 2. The average molecular weight is 481 g/mol. The first-order valence-corrected chi connectivity index (χ1v) is 10.9. The molecule has 0 bridgehead atoms. The summed E-state index contributed by atoms with van der Waals surface area (Å²) in [6.45, 7) is 5.32. The first-order chi connectivity index (χ1) is 16.5. The molecule has 1 amide bonds. The van der Waals surface area contributed by atoms with Crippen LogP contribution in [-0.2, 0) is 25.4 Å². The minimum Gasteiger partial charge on any atom is -0.467 e. The van der Waals surface area contributed by atoms with E-state index in [2.05, 4.69) is 5.32 Å². The predicted octanol–water partition coefficient (Wildman–Crippen LogP) is 3.73. The smallest absolute Gasteiger partial charge is 0.419 e. The van der Waals surface area contributed by atoms with Crippen LogP contribution in [0.4, 0.5) is 4.79 Å². The molecule has 2 aromatic carbocycles. The summed E-state index contributed by atoms with van der Waals surface area (Å²) in [7, 11) is 2.47. The van der Waals surface area contributed by atoms with E-state index in [-0.39, 0.29) is 17.5 Å². The Bertz CT molecular complexity index is 1270. The number of amides is 1. The molecule has 1 atom stereocenters. The van der Waals surface area contributed by atoms with Gasteiger partial charge in [0.1, 0.15) is 11.6 Å². The van der Waals surface area contributed by atoms with Gasteiger partial charge < -0.3 is 19.5 Å². The zero-order valence-electron chi connectivity index (χ0n) is 20.3. The summed E-state index contributed by atoms with van der Waals surface area (Å²) in [5.41, 5.74) is 0.945. The van der Waals surface area contributed by atoms with Gasteiger partial charge in [0.2, 0.25) is 0 Å². The van der Waals surface area contributed by atoms with Crippen molar-refractivity contribution < 1.29 is 33.4 Å². The van der Waals surface area contributed by atoms with Crippen LogP contribution in [-0.4, -0.2) is 54.4 Å². The van der Waals surface area contributed by atoms with E-state index in [1.165, 1.54) is 37.0 Å². The van der Waals surface area contributed by atoms with Crippen molar-refractivity contribution in [1.29, 1.82) is 0 Å². The van der Waals surface area contributed by atoms with E-state index in [0.717, 1.165) is 5.39 Å². The van der Waals surface area contributed by atoms with Gasteiger partial charge in [-0.3, -0.25) is 9.36 Å². The Labute approximate surface area is 203 Å². The number of rotatable bonds is 6. The molecule has 184 valence electrons. The molecule has 0 unspecified atom stereocenters. The summed E-state index contributed by atoms with van der Waals surface area (Å²) in [5, 5.41) is 3.40. The summed E-state index contributed by atoms with van der Waals surface area (Å²) < 4.78 is 16.5. The van der Waals surface area contributed by atoms with Gasteiger partial charge in [-0.1, -0.05) is 24.3 Å². The summed E-state index contributed by atoms with van der Waals surface area (Å²) in [4.78, 5) is 50.1. The Hall–Kier alpha value is -4.14. The average Bonchev–Trinajstić information content (AvgIpc) is 3.20. The number of benzene rings is 2. The van der Waals surface area contributed by atoms with Gasteiger partial charge in [-0.25, -0.2) is 14.4 Å². The first kappa shape index (κ1) is 25.5. The Morgan fingerprint density at radius 2 is 1.63 bits per heavy atom. The molecule has 1 heterocycles. The van der Waals surface area contributed by atoms with Gasteiger partial charge in [0.25, 0.3) is 5.91 Å². The minimum absolute atomic E-state index is 0.0609. The quantitative estimate of drug-likeness (QED) is 0.423. The summed E-state index contributed by atoms with van der Waals surface area (Å²) >= 11 is 0. The van der Waals surface area contributed by atoms with Crippen molar-refractivity contribution in [1.82, 2.24) is 9.88 Å². The number of fused-ring (bicyclic) bond motifs is 1. The topological polar surface area (TPSA) is 113 Å². The van der Waals surface area contributed by atoms with E-state index >= 15 is 0 Å². The second-order valence-electron chi connectivity index (χ2n) is 8.85. The SMILES string of the molecule is COC(=O)c1cccc(C(=O)N[C@H](Cc2cn(C(=O)OC(C)(C)C)c3ccccc23)C(=O)OC)c1. The highest BCUT2D eigenvalue weighted by molar-refractivity contribution is 6.00. The molecule has 9 heteroatoms. The Morgan fingerprint density at radius 3 is 2.29 bits per heavy atom. The molecule has 0 radical (unpaired) electrons. The number of hydrogen-bond donors (Lipinski definition) is 1. The normalized spacial score (nSPS) is 12.0. The summed E-state index contributed by atoms with van der Waals surface area (Å²) in [6.07, 6.45) is 1.10. The van der Waals surface area contributed by atoms with E-state index in [9.17, 15) is 19.2 Å². The van der Waals surface area contributed by atoms with Gasteiger partial charge in [-0.2, -0.15) is 0 Å². The number of carbonyl (C=O) groups excluding carboxylic acids is 4. The van der Waals surface area contributed by atoms with Crippen LogP contribution in [0.25, 0.3) is 10.9 Å². The lowest BCUT2D eigenvalue weighted by molar-refractivity contribution is -0.142. The third kappa shape index (κ3) is 6.06. The van der Waals surface area contributed by atoms with Gasteiger partial charge in [0.05, 0.1) is 25.3 Å². The number of aromatic nitrogens is 1. The molecule has 1 N–H and O–H groups in total. The summed E-state index contributed by atoms with van der Waals surface area (Å²) in [6, 6.07) is 12.1. The van der Waals surface area contributed by atoms with Crippen LogP contribution in [0.15, 0.2) is 54.7 Å². The zero-order valence-corrected chi connectivity index (χ0v) is 20.3. The molecule has 0 fully saturated rings. The van der Waals surface area contributed by atoms with Crippen molar-refractivity contribution in [2.24, 2.45) is 0 Å². The fourth-order valence-electron chi connectivity index (χ4n) is 3.58. The van der Waals surface area contributed by atoms with Crippen molar-refractivity contribution in [2.75, 3.05) is 14.2 Å². The fraction of sp³-hybridized carbons (Fsp3) is 0.308. The standard InChI is InChI=1S/C26H28N2O7/c1-26(2,3)35-25(32)28-15-18(19-11-6-7-12-21(19)28)14-20(24(31)34-5)27-22(29)16-9-8-10-17(13-16)23(30)33-4/h6-13,15,20H,14H2,1-5H3,(H,27,29)/t20-/m1/s1. The van der Waals surface area contributed by atoms with E-state index in [1.54, 1.807) is 45.2 Å². The molecule has 0 aliphatic rings. The zero-order chi connectivity index (χ0) is 25.8. The maximum absolute atomic E-state index is 12.9.